The van der Waals surface area contributed by atoms with Crippen LogP contribution in [0.2, 0.25) is 0 Å². The molecule has 0 spiro atoms. The number of sulfone groups is 1. The van der Waals surface area contributed by atoms with Crippen molar-refractivity contribution in [1.82, 2.24) is 15.4 Å². The summed E-state index contributed by atoms with van der Waals surface area (Å²) in [5, 5.41) is 13.0. The minimum atomic E-state index is -3.80. The summed E-state index contributed by atoms with van der Waals surface area (Å²) in [4.78, 5) is 0.0297. The van der Waals surface area contributed by atoms with E-state index in [9.17, 15) is 12.8 Å². The number of benzene rings is 1. The highest BCUT2D eigenvalue weighted by atomic mass is 32.2. The van der Waals surface area contributed by atoms with Crippen molar-refractivity contribution in [2.75, 3.05) is 0 Å². The zero-order chi connectivity index (χ0) is 20.0. The van der Waals surface area contributed by atoms with Gasteiger partial charge in [-0.1, -0.05) is 37.3 Å². The van der Waals surface area contributed by atoms with E-state index in [2.05, 4.69) is 15.4 Å². The lowest BCUT2D eigenvalue weighted by atomic mass is 9.93. The molecule has 0 aliphatic rings. The monoisotopic (exact) mass is 409 g/mol. The van der Waals surface area contributed by atoms with Gasteiger partial charge in [0, 0.05) is 11.5 Å². The van der Waals surface area contributed by atoms with E-state index in [-0.39, 0.29) is 10.3 Å². The van der Waals surface area contributed by atoms with Gasteiger partial charge in [-0.3, -0.25) is 0 Å². The van der Waals surface area contributed by atoms with Crippen LogP contribution in [0, 0.1) is 5.82 Å². The lowest BCUT2D eigenvalue weighted by Gasteiger charge is -2.21. The molecule has 1 aromatic carbocycles. The molecule has 0 bridgehead atoms. The molecule has 0 fully saturated rings. The van der Waals surface area contributed by atoms with Gasteiger partial charge in [-0.05, 0) is 38.1 Å². The van der Waals surface area contributed by atoms with Crippen molar-refractivity contribution in [2.45, 2.75) is 49.7 Å². The van der Waals surface area contributed by atoms with Gasteiger partial charge < -0.3 is 4.52 Å². The molecule has 2 aromatic heterocycles. The van der Waals surface area contributed by atoms with Gasteiger partial charge in [-0.15, -0.1) is 10.2 Å². The first-order chi connectivity index (χ1) is 12.4. The fourth-order valence-electron chi connectivity index (χ4n) is 2.32. The fourth-order valence-corrected chi connectivity index (χ4v) is 4.92. The highest BCUT2D eigenvalue weighted by Gasteiger charge is 2.41. The van der Waals surface area contributed by atoms with Gasteiger partial charge >= 0.3 is 0 Å². The minimum absolute atomic E-state index is 0.0297. The minimum Gasteiger partial charge on any atom is -0.360 e. The maximum atomic E-state index is 13.1. The van der Waals surface area contributed by atoms with Crippen LogP contribution in [0.5, 0.6) is 0 Å². The first kappa shape index (κ1) is 19.6. The largest absolute Gasteiger partial charge is 0.360 e. The molecule has 0 N–H and O–H groups in total. The van der Waals surface area contributed by atoms with E-state index < -0.39 is 20.4 Å². The first-order valence-electron chi connectivity index (χ1n) is 8.25. The molecule has 0 aliphatic carbocycles. The zero-order valence-corrected chi connectivity index (χ0v) is 17.3. The van der Waals surface area contributed by atoms with Gasteiger partial charge in [0.1, 0.15) is 27.0 Å². The first-order valence-corrected chi connectivity index (χ1v) is 10.5. The third kappa shape index (κ3) is 3.53. The van der Waals surface area contributed by atoms with Crippen molar-refractivity contribution in [3.63, 3.8) is 0 Å². The lowest BCUT2D eigenvalue weighted by Crippen LogP contribution is -2.29. The van der Waals surface area contributed by atoms with Crippen LogP contribution in [0.4, 0.5) is 4.39 Å². The van der Waals surface area contributed by atoms with E-state index in [1.54, 1.807) is 19.9 Å². The fraction of sp³-hybridized carbons (Fsp3) is 0.389. The second kappa shape index (κ2) is 6.49. The van der Waals surface area contributed by atoms with Crippen LogP contribution < -0.4 is 0 Å². The Kier molecular flexibility index (Phi) is 4.72. The summed E-state index contributed by atoms with van der Waals surface area (Å²) < 4.78 is 43.2. The number of nitrogens with zero attached hydrogens (tertiary/aromatic N) is 3. The number of hydrogen-bond acceptors (Lipinski definition) is 7. The number of hydrogen-bond donors (Lipinski definition) is 0. The summed E-state index contributed by atoms with van der Waals surface area (Å²) in [5.41, 5.74) is 0.308. The number of rotatable bonds is 4. The molecule has 0 saturated carbocycles. The van der Waals surface area contributed by atoms with Crippen molar-refractivity contribution in [3.8, 4) is 10.7 Å². The third-order valence-electron chi connectivity index (χ3n) is 4.20. The predicted molar refractivity (Wildman–Crippen MR) is 101 cm³/mol. The van der Waals surface area contributed by atoms with E-state index in [0.717, 1.165) is 23.5 Å². The van der Waals surface area contributed by atoms with E-state index in [4.69, 9.17) is 4.52 Å². The molecular weight excluding hydrogens is 389 g/mol. The summed E-state index contributed by atoms with van der Waals surface area (Å²) in [6.07, 6.45) is 0. The average molecular weight is 410 g/mol. The Morgan fingerprint density at radius 3 is 2.22 bits per heavy atom. The number of aromatic nitrogens is 3. The van der Waals surface area contributed by atoms with Crippen LogP contribution in [0.25, 0.3) is 10.7 Å². The van der Waals surface area contributed by atoms with Crippen molar-refractivity contribution in [1.29, 1.82) is 0 Å². The van der Waals surface area contributed by atoms with Gasteiger partial charge in [-0.2, -0.15) is 0 Å². The summed E-state index contributed by atoms with van der Waals surface area (Å²) in [6.45, 7) is 9.11. The Labute approximate surface area is 161 Å². The third-order valence-corrected chi connectivity index (χ3v) is 8.03. The summed E-state index contributed by atoms with van der Waals surface area (Å²) >= 11 is 1.14. The SMILES string of the molecule is CC(C)(C)c1cc(-c2nnc(C(C)(C)S(=O)(=O)c3ccc(F)cc3)s2)no1. The molecule has 144 valence electrons. The Bertz CT molecular complexity index is 1060. The van der Waals surface area contributed by atoms with Gasteiger partial charge in [0.15, 0.2) is 14.8 Å². The molecular formula is C18H20FN3O3S2. The van der Waals surface area contributed by atoms with Crippen LogP contribution in [0.1, 0.15) is 45.4 Å². The standard InChI is InChI=1S/C18H20FN3O3S2/c1-17(2,3)14-10-13(22-25-14)15-20-21-16(26-15)18(4,5)27(23,24)12-8-6-11(19)7-9-12/h6-10H,1-5H3. The highest BCUT2D eigenvalue weighted by Crippen LogP contribution is 2.38. The topological polar surface area (TPSA) is 86.0 Å². The molecule has 2 heterocycles. The Hall–Kier alpha value is -2.13. The molecule has 0 atom stereocenters. The van der Waals surface area contributed by atoms with Crippen molar-refractivity contribution < 1.29 is 17.3 Å². The summed E-state index contributed by atoms with van der Waals surface area (Å²) in [6, 6.07) is 6.53. The lowest BCUT2D eigenvalue weighted by molar-refractivity contribution is 0.330. The van der Waals surface area contributed by atoms with Gasteiger partial charge in [0.05, 0.1) is 4.90 Å². The molecule has 0 aliphatic heterocycles. The molecule has 3 aromatic rings. The Balaban J connectivity index is 1.97. The molecule has 0 amide bonds. The van der Waals surface area contributed by atoms with Crippen molar-refractivity contribution >= 4 is 21.2 Å². The molecule has 0 radical (unpaired) electrons. The Morgan fingerprint density at radius 1 is 1.04 bits per heavy atom. The molecule has 27 heavy (non-hydrogen) atoms. The smallest absolute Gasteiger partial charge is 0.190 e. The summed E-state index contributed by atoms with van der Waals surface area (Å²) in [5.74, 6) is 0.207. The van der Waals surface area contributed by atoms with E-state index >= 15 is 0 Å². The molecule has 0 saturated heterocycles. The maximum Gasteiger partial charge on any atom is 0.190 e. The van der Waals surface area contributed by atoms with Crippen LogP contribution in [0.15, 0.2) is 39.8 Å². The van der Waals surface area contributed by atoms with Gasteiger partial charge in [-0.25, -0.2) is 12.8 Å². The van der Waals surface area contributed by atoms with Gasteiger partial charge in [0.25, 0.3) is 0 Å². The molecule has 9 heteroatoms. The van der Waals surface area contributed by atoms with Crippen LogP contribution in [-0.2, 0) is 20.0 Å². The molecule has 6 nitrogen and oxygen atoms in total. The highest BCUT2D eigenvalue weighted by molar-refractivity contribution is 7.92. The molecule has 0 unspecified atom stereocenters. The normalized spacial score (nSPS) is 13.1. The van der Waals surface area contributed by atoms with Crippen LogP contribution in [0.3, 0.4) is 0 Å². The summed E-state index contributed by atoms with van der Waals surface area (Å²) in [7, 11) is -3.80. The quantitative estimate of drug-likeness (QED) is 0.596. The maximum absolute atomic E-state index is 13.1. The van der Waals surface area contributed by atoms with Crippen molar-refractivity contribution in [2.24, 2.45) is 0 Å². The second-order valence-corrected chi connectivity index (χ2v) is 11.2. The Morgan fingerprint density at radius 2 is 1.67 bits per heavy atom. The number of halogens is 1. The predicted octanol–water partition coefficient (Wildman–Crippen LogP) is 4.34. The average Bonchev–Trinajstić information content (AvgIpc) is 3.24. The van der Waals surface area contributed by atoms with Gasteiger partial charge in [0.2, 0.25) is 0 Å². The van der Waals surface area contributed by atoms with E-state index in [0.29, 0.717) is 21.5 Å². The second-order valence-electron chi connectivity index (χ2n) is 7.71. The van der Waals surface area contributed by atoms with E-state index in [1.807, 2.05) is 20.8 Å². The van der Waals surface area contributed by atoms with Crippen molar-refractivity contribution in [3.05, 3.63) is 46.9 Å². The van der Waals surface area contributed by atoms with Crippen LogP contribution in [-0.4, -0.2) is 23.8 Å². The van der Waals surface area contributed by atoms with Crippen LogP contribution >= 0.6 is 11.3 Å². The molecule has 3 rings (SSSR count). The zero-order valence-electron chi connectivity index (χ0n) is 15.6. The van der Waals surface area contributed by atoms with E-state index in [1.165, 1.54) is 12.1 Å².